The number of aromatic nitrogens is 2. The number of ether oxygens (including phenoxy) is 1. The van der Waals surface area contributed by atoms with E-state index in [-0.39, 0.29) is 5.91 Å². The zero-order valence-electron chi connectivity index (χ0n) is 20.3. The van der Waals surface area contributed by atoms with Crippen LogP contribution in [0.25, 0.3) is 23.0 Å². The largest absolute Gasteiger partial charge is 0.494 e. The van der Waals surface area contributed by atoms with Gasteiger partial charge < -0.3 is 4.74 Å². The summed E-state index contributed by atoms with van der Waals surface area (Å²) < 4.78 is 8.19. The Labute approximate surface area is 217 Å². The van der Waals surface area contributed by atoms with Crippen molar-refractivity contribution in [3.05, 3.63) is 71.3 Å². The van der Waals surface area contributed by atoms with Crippen LogP contribution in [0.5, 0.6) is 5.75 Å². The Morgan fingerprint density at radius 2 is 1.83 bits per heavy atom. The third-order valence-corrected chi connectivity index (χ3v) is 7.20. The lowest BCUT2D eigenvalue weighted by Gasteiger charge is -2.13. The van der Waals surface area contributed by atoms with Crippen LogP contribution < -0.4 is 4.74 Å². The van der Waals surface area contributed by atoms with Crippen molar-refractivity contribution in [3.8, 4) is 22.7 Å². The van der Waals surface area contributed by atoms with Crippen molar-refractivity contribution >= 4 is 40.3 Å². The van der Waals surface area contributed by atoms with Crippen LogP contribution in [-0.2, 0) is 4.79 Å². The molecule has 0 aliphatic carbocycles. The normalized spacial score (nSPS) is 14.8. The van der Waals surface area contributed by atoms with Crippen LogP contribution in [0.4, 0.5) is 0 Å². The Kier molecular flexibility index (Phi) is 8.77. The number of hydrogen-bond acceptors (Lipinski definition) is 5. The second-order valence-electron chi connectivity index (χ2n) is 8.42. The smallest absolute Gasteiger partial charge is 0.266 e. The third-order valence-electron chi connectivity index (χ3n) is 5.83. The Balaban J connectivity index is 1.64. The highest BCUT2D eigenvalue weighted by atomic mass is 32.2. The number of benzene rings is 2. The van der Waals surface area contributed by atoms with Gasteiger partial charge in [-0.3, -0.25) is 9.69 Å². The summed E-state index contributed by atoms with van der Waals surface area (Å²) in [6.07, 6.45) is 9.62. The molecule has 1 aliphatic heterocycles. The summed E-state index contributed by atoms with van der Waals surface area (Å²) >= 11 is 6.93. The van der Waals surface area contributed by atoms with Crippen LogP contribution in [0, 0.1) is 0 Å². The number of rotatable bonds is 11. The molecule has 2 aromatic carbocycles. The summed E-state index contributed by atoms with van der Waals surface area (Å²) in [5.41, 5.74) is 3.54. The van der Waals surface area contributed by atoms with E-state index in [9.17, 15) is 4.79 Å². The highest BCUT2D eigenvalue weighted by Crippen LogP contribution is 2.35. The van der Waals surface area contributed by atoms with Crippen molar-refractivity contribution in [3.63, 3.8) is 0 Å². The van der Waals surface area contributed by atoms with E-state index in [0.717, 1.165) is 41.1 Å². The average molecular weight is 506 g/mol. The number of thioether (sulfide) groups is 1. The molecule has 3 aromatic rings. The monoisotopic (exact) mass is 505 g/mol. The summed E-state index contributed by atoms with van der Waals surface area (Å²) in [5.74, 6) is 0.775. The standard InChI is InChI=1S/C28H31N3O2S2/c1-3-5-6-7-11-17-30-27(32)25(35-28(30)34)19-22-20-31(23-14-9-8-10-15-23)29-26(22)21-13-12-16-24(18-21)33-4-2/h8-10,12-16,18-20H,3-7,11,17H2,1-2H3/b25-19-. The van der Waals surface area contributed by atoms with Gasteiger partial charge in [0.25, 0.3) is 5.91 Å². The minimum Gasteiger partial charge on any atom is -0.494 e. The van der Waals surface area contributed by atoms with Gasteiger partial charge in [-0.05, 0) is 43.7 Å². The molecule has 0 radical (unpaired) electrons. The Bertz CT molecular complexity index is 1200. The van der Waals surface area contributed by atoms with Crippen molar-refractivity contribution in [2.45, 2.75) is 46.0 Å². The maximum atomic E-state index is 13.2. The summed E-state index contributed by atoms with van der Waals surface area (Å²) in [4.78, 5) is 15.6. The summed E-state index contributed by atoms with van der Waals surface area (Å²) in [6.45, 7) is 5.44. The van der Waals surface area contributed by atoms with Crippen LogP contribution >= 0.6 is 24.0 Å². The Morgan fingerprint density at radius 1 is 1.03 bits per heavy atom. The Hall–Kier alpha value is -2.90. The molecule has 0 spiro atoms. The maximum absolute atomic E-state index is 13.2. The molecule has 1 aliphatic rings. The van der Waals surface area contributed by atoms with Gasteiger partial charge in [0.05, 0.1) is 17.2 Å². The van der Waals surface area contributed by atoms with Gasteiger partial charge in [0.15, 0.2) is 0 Å². The lowest BCUT2D eigenvalue weighted by molar-refractivity contribution is -0.122. The van der Waals surface area contributed by atoms with E-state index in [0.29, 0.717) is 22.4 Å². The fourth-order valence-corrected chi connectivity index (χ4v) is 5.34. The molecule has 7 heteroatoms. The average Bonchev–Trinajstić information content (AvgIpc) is 3.41. The number of carbonyl (C=O) groups excluding carboxylic acids is 1. The van der Waals surface area contributed by atoms with E-state index < -0.39 is 0 Å². The van der Waals surface area contributed by atoms with E-state index in [1.54, 1.807) is 4.90 Å². The van der Waals surface area contributed by atoms with E-state index in [1.165, 1.54) is 31.0 Å². The second-order valence-corrected chi connectivity index (χ2v) is 10.1. The number of nitrogens with zero attached hydrogens (tertiary/aromatic N) is 3. The molecule has 1 aromatic heterocycles. The van der Waals surface area contributed by atoms with Crippen LogP contribution in [0.1, 0.15) is 51.5 Å². The second kappa shape index (κ2) is 12.2. The molecule has 1 saturated heterocycles. The van der Waals surface area contributed by atoms with E-state index >= 15 is 0 Å². The number of thiocarbonyl (C=S) groups is 1. The minimum atomic E-state index is -0.0167. The molecular formula is C28H31N3O2S2. The predicted octanol–water partition coefficient (Wildman–Crippen LogP) is 7.11. The van der Waals surface area contributed by atoms with Gasteiger partial charge in [-0.1, -0.05) is 86.9 Å². The van der Waals surface area contributed by atoms with E-state index in [2.05, 4.69) is 6.92 Å². The summed E-state index contributed by atoms with van der Waals surface area (Å²) in [6, 6.07) is 17.9. The minimum absolute atomic E-state index is 0.0167. The third kappa shape index (κ3) is 6.21. The molecule has 1 fully saturated rings. The van der Waals surface area contributed by atoms with Crippen molar-refractivity contribution in [2.75, 3.05) is 13.2 Å². The first kappa shape index (κ1) is 25.2. The number of carbonyl (C=O) groups is 1. The molecule has 0 saturated carbocycles. The lowest BCUT2D eigenvalue weighted by Crippen LogP contribution is -2.29. The Morgan fingerprint density at radius 3 is 2.60 bits per heavy atom. The SMILES string of the molecule is CCCCCCCN1C(=O)/C(=C/c2cn(-c3ccccc3)nc2-c2cccc(OCC)c2)SC1=S. The fourth-order valence-electron chi connectivity index (χ4n) is 4.04. The number of hydrogen-bond donors (Lipinski definition) is 0. The number of para-hydroxylation sites is 1. The first-order chi connectivity index (χ1) is 17.1. The molecule has 0 unspecified atom stereocenters. The van der Waals surface area contributed by atoms with Crippen LogP contribution in [0.2, 0.25) is 0 Å². The number of amides is 1. The summed E-state index contributed by atoms with van der Waals surface area (Å²) in [5, 5.41) is 4.88. The zero-order valence-corrected chi connectivity index (χ0v) is 21.9. The maximum Gasteiger partial charge on any atom is 0.266 e. The fraction of sp³-hybridized carbons (Fsp3) is 0.321. The topological polar surface area (TPSA) is 47.4 Å². The van der Waals surface area contributed by atoms with E-state index in [1.807, 2.05) is 78.5 Å². The van der Waals surface area contributed by atoms with Gasteiger partial charge in [-0.2, -0.15) is 5.10 Å². The van der Waals surface area contributed by atoms with Crippen molar-refractivity contribution < 1.29 is 9.53 Å². The zero-order chi connectivity index (χ0) is 24.6. The van der Waals surface area contributed by atoms with Gasteiger partial charge in [-0.25, -0.2) is 4.68 Å². The van der Waals surface area contributed by atoms with Gasteiger partial charge in [0, 0.05) is 23.9 Å². The van der Waals surface area contributed by atoms with Crippen molar-refractivity contribution in [1.29, 1.82) is 0 Å². The van der Waals surface area contributed by atoms with Crippen LogP contribution in [-0.4, -0.2) is 38.1 Å². The molecule has 0 bridgehead atoms. The molecule has 2 heterocycles. The first-order valence-electron chi connectivity index (χ1n) is 12.2. The first-order valence-corrected chi connectivity index (χ1v) is 13.5. The molecule has 4 rings (SSSR count). The highest BCUT2D eigenvalue weighted by molar-refractivity contribution is 8.26. The highest BCUT2D eigenvalue weighted by Gasteiger charge is 2.32. The van der Waals surface area contributed by atoms with Gasteiger partial charge in [-0.15, -0.1) is 0 Å². The molecule has 182 valence electrons. The molecule has 1 amide bonds. The molecule has 35 heavy (non-hydrogen) atoms. The van der Waals surface area contributed by atoms with Gasteiger partial charge in [0.2, 0.25) is 0 Å². The van der Waals surface area contributed by atoms with E-state index in [4.69, 9.17) is 22.1 Å². The van der Waals surface area contributed by atoms with Crippen molar-refractivity contribution in [1.82, 2.24) is 14.7 Å². The molecular weight excluding hydrogens is 474 g/mol. The van der Waals surface area contributed by atoms with Gasteiger partial charge >= 0.3 is 0 Å². The summed E-state index contributed by atoms with van der Waals surface area (Å²) in [7, 11) is 0. The predicted molar refractivity (Wildman–Crippen MR) is 149 cm³/mol. The lowest BCUT2D eigenvalue weighted by atomic mass is 10.1. The number of unbranched alkanes of at least 4 members (excludes halogenated alkanes) is 4. The molecule has 0 atom stereocenters. The van der Waals surface area contributed by atoms with Crippen LogP contribution in [0.3, 0.4) is 0 Å². The van der Waals surface area contributed by atoms with Gasteiger partial charge in [0.1, 0.15) is 15.8 Å². The van der Waals surface area contributed by atoms with Crippen molar-refractivity contribution in [2.24, 2.45) is 0 Å². The molecule has 0 N–H and O–H groups in total. The molecule has 5 nitrogen and oxygen atoms in total. The quantitative estimate of drug-likeness (QED) is 0.158. The van der Waals surface area contributed by atoms with Crippen LogP contribution in [0.15, 0.2) is 65.7 Å².